The molecule has 3 unspecified atom stereocenters. The molecule has 0 radical (unpaired) electrons. The fourth-order valence-electron chi connectivity index (χ4n) is 3.45. The Morgan fingerprint density at radius 3 is 1.94 bits per heavy atom. The lowest BCUT2D eigenvalue weighted by molar-refractivity contribution is -0.174. The normalized spacial score (nSPS) is 21.6. The van der Waals surface area contributed by atoms with Crippen LogP contribution in [-0.2, 0) is 24.0 Å². The first-order chi connectivity index (χ1) is 16.4. The Labute approximate surface area is 210 Å². The van der Waals surface area contributed by atoms with Crippen molar-refractivity contribution in [3.8, 4) is 0 Å². The van der Waals surface area contributed by atoms with E-state index in [1.165, 1.54) is 11.8 Å². The van der Waals surface area contributed by atoms with Crippen LogP contribution in [0.2, 0.25) is 0 Å². The molecule has 2 heterocycles. The van der Waals surface area contributed by atoms with Crippen molar-refractivity contribution in [1.82, 2.24) is 20.9 Å². The molecule has 3 rings (SSSR count). The summed E-state index contributed by atoms with van der Waals surface area (Å²) in [6, 6.07) is -0.563. The molecule has 2 aliphatic heterocycles. The van der Waals surface area contributed by atoms with Crippen LogP contribution in [0.1, 0.15) is 54.4 Å². The van der Waals surface area contributed by atoms with E-state index >= 15 is 0 Å². The lowest BCUT2D eigenvalue weighted by Crippen LogP contribution is -2.44. The van der Waals surface area contributed by atoms with Gasteiger partial charge in [-0.15, -0.1) is 0 Å². The van der Waals surface area contributed by atoms with Crippen LogP contribution in [0.25, 0.3) is 0 Å². The summed E-state index contributed by atoms with van der Waals surface area (Å²) < 4.78 is 35.7. The van der Waals surface area contributed by atoms with E-state index in [9.17, 15) is 37.1 Å². The van der Waals surface area contributed by atoms with E-state index in [1.807, 2.05) is 0 Å². The number of amides is 5. The Morgan fingerprint density at radius 1 is 1.17 bits per heavy atom. The van der Waals surface area contributed by atoms with Gasteiger partial charge in [0.2, 0.25) is 24.1 Å². The smallest absolute Gasteiger partial charge is 0.368 e. The van der Waals surface area contributed by atoms with E-state index in [0.29, 0.717) is 31.3 Å². The quantitative estimate of drug-likeness (QED) is 0.396. The summed E-state index contributed by atoms with van der Waals surface area (Å²) in [6.45, 7) is 13.7. The van der Waals surface area contributed by atoms with E-state index in [4.69, 9.17) is 5.73 Å². The van der Waals surface area contributed by atoms with Gasteiger partial charge in [-0.1, -0.05) is 34.6 Å². The number of primary amides is 1. The molecular weight excluding hydrogens is 483 g/mol. The number of fused-ring (bicyclic) bond motifs is 1. The number of alkyl halides is 3. The Hall–Kier alpha value is -2.86. The van der Waals surface area contributed by atoms with Crippen molar-refractivity contribution in [3.63, 3.8) is 0 Å². The van der Waals surface area contributed by atoms with Gasteiger partial charge >= 0.3 is 12.1 Å². The predicted octanol–water partition coefficient (Wildman–Crippen LogP) is 0.944. The Balaban J connectivity index is 0.000000560. The van der Waals surface area contributed by atoms with Crippen LogP contribution in [0, 0.1) is 23.2 Å². The van der Waals surface area contributed by atoms with E-state index < -0.39 is 36.5 Å². The van der Waals surface area contributed by atoms with Crippen molar-refractivity contribution >= 4 is 30.0 Å². The molecule has 13 heteroatoms. The highest BCUT2D eigenvalue weighted by molar-refractivity contribution is 5.87. The summed E-state index contributed by atoms with van der Waals surface area (Å²) in [5.74, 6) is -1.12. The van der Waals surface area contributed by atoms with Crippen molar-refractivity contribution in [3.05, 3.63) is 0 Å². The van der Waals surface area contributed by atoms with Gasteiger partial charge in [-0.25, -0.2) is 0 Å². The third-order valence-electron chi connectivity index (χ3n) is 5.78. The molecule has 208 valence electrons. The second kappa shape index (κ2) is 14.6. The molecule has 5 amide bonds. The second-order valence-corrected chi connectivity index (χ2v) is 10.1. The molecule has 3 fully saturated rings. The third kappa shape index (κ3) is 12.2. The van der Waals surface area contributed by atoms with Gasteiger partial charge in [0.25, 0.3) is 0 Å². The summed E-state index contributed by atoms with van der Waals surface area (Å²) >= 11 is 0. The third-order valence-corrected chi connectivity index (χ3v) is 5.78. The largest absolute Gasteiger partial charge is 0.471 e. The van der Waals surface area contributed by atoms with Gasteiger partial charge in [-0.2, -0.15) is 13.2 Å². The van der Waals surface area contributed by atoms with Crippen molar-refractivity contribution in [2.45, 2.75) is 66.6 Å². The summed E-state index contributed by atoms with van der Waals surface area (Å²) in [5, 5.41) is 6.46. The minimum absolute atomic E-state index is 0.204. The van der Waals surface area contributed by atoms with E-state index in [0.717, 1.165) is 25.3 Å². The number of halogens is 3. The second-order valence-electron chi connectivity index (χ2n) is 10.1. The molecule has 36 heavy (non-hydrogen) atoms. The molecule has 1 saturated carbocycles. The lowest BCUT2D eigenvalue weighted by Gasteiger charge is -2.22. The summed E-state index contributed by atoms with van der Waals surface area (Å²) in [4.78, 5) is 53.5. The van der Waals surface area contributed by atoms with Gasteiger partial charge in [-0.3, -0.25) is 24.0 Å². The number of hydrogen-bond acceptors (Lipinski definition) is 5. The molecule has 2 saturated heterocycles. The summed E-state index contributed by atoms with van der Waals surface area (Å²) in [6.07, 6.45) is -2.73. The zero-order chi connectivity index (χ0) is 28.3. The molecular formula is C23H40F3N5O5. The predicted molar refractivity (Wildman–Crippen MR) is 127 cm³/mol. The summed E-state index contributed by atoms with van der Waals surface area (Å²) in [5.41, 5.74) is 5.00. The highest BCUT2D eigenvalue weighted by atomic mass is 19.4. The first kappa shape index (κ1) is 33.1. The van der Waals surface area contributed by atoms with Gasteiger partial charge in [0, 0.05) is 26.1 Å². The highest BCUT2D eigenvalue weighted by Crippen LogP contribution is 2.61. The van der Waals surface area contributed by atoms with Crippen LogP contribution in [0.5, 0.6) is 0 Å². The van der Waals surface area contributed by atoms with Crippen molar-refractivity contribution in [2.24, 2.45) is 28.9 Å². The lowest BCUT2D eigenvalue weighted by atomic mass is 10.1. The van der Waals surface area contributed by atoms with Crippen LogP contribution in [-0.4, -0.2) is 73.3 Å². The number of carbonyl (C=O) groups is 5. The van der Waals surface area contributed by atoms with Crippen LogP contribution in [0.3, 0.4) is 0 Å². The molecule has 3 atom stereocenters. The molecule has 5 N–H and O–H groups in total. The highest BCUT2D eigenvalue weighted by Gasteiger charge is 2.62. The summed E-state index contributed by atoms with van der Waals surface area (Å²) in [7, 11) is 0. The number of nitrogens with one attached hydrogen (secondary N) is 3. The zero-order valence-corrected chi connectivity index (χ0v) is 21.8. The van der Waals surface area contributed by atoms with Crippen LogP contribution in [0.4, 0.5) is 13.2 Å². The number of nitrogens with two attached hydrogens (primary N) is 1. The molecule has 1 aliphatic carbocycles. The maximum Gasteiger partial charge on any atom is 0.471 e. The van der Waals surface area contributed by atoms with Crippen molar-refractivity contribution in [2.75, 3.05) is 26.2 Å². The van der Waals surface area contributed by atoms with E-state index in [2.05, 4.69) is 45.3 Å². The van der Waals surface area contributed by atoms with Gasteiger partial charge < -0.3 is 26.6 Å². The Morgan fingerprint density at radius 2 is 1.67 bits per heavy atom. The fourth-order valence-corrected chi connectivity index (χ4v) is 3.45. The number of piperidine rings is 1. The Kier molecular flexibility index (Phi) is 13.5. The maximum atomic E-state index is 11.9. The minimum atomic E-state index is -4.94. The van der Waals surface area contributed by atoms with E-state index in [-0.39, 0.29) is 11.3 Å². The standard InChI is InChI=1S/C11H15F3N2O2.C4H8N2O2.C4H7NO.C4H10/c1-10(2)6-4-16(5-7(6)10)8(17)3-15-9(18)11(12,13)14;1-3(4(5)8)6-2-7;6-4-2-1-3-5-4;1-4(2)3/h6-7H,3-5H2,1-2H3,(H,15,18);2-3H,1H3,(H2,5,8)(H,6,7);1-3H2,(H,5,6);4H,1-3H3. The fraction of sp³-hybridized carbons (Fsp3) is 0.783. The number of likely N-dealkylation sites (tertiary alicyclic amines) is 1. The molecule has 0 bridgehead atoms. The number of rotatable bonds is 5. The van der Waals surface area contributed by atoms with Crippen molar-refractivity contribution < 1.29 is 37.1 Å². The number of hydrogen-bond donors (Lipinski definition) is 4. The maximum absolute atomic E-state index is 11.9. The van der Waals surface area contributed by atoms with Crippen molar-refractivity contribution in [1.29, 1.82) is 0 Å². The van der Waals surface area contributed by atoms with Gasteiger partial charge in [0.15, 0.2) is 0 Å². The van der Waals surface area contributed by atoms with Gasteiger partial charge in [0.05, 0.1) is 6.54 Å². The minimum Gasteiger partial charge on any atom is -0.368 e. The Bertz CT molecular complexity index is 749. The van der Waals surface area contributed by atoms with Gasteiger partial charge in [0.1, 0.15) is 6.04 Å². The zero-order valence-electron chi connectivity index (χ0n) is 21.8. The molecule has 0 aromatic rings. The number of carbonyl (C=O) groups excluding carboxylic acids is 5. The first-order valence-corrected chi connectivity index (χ1v) is 11.8. The molecule has 10 nitrogen and oxygen atoms in total. The average Bonchev–Trinajstić information content (AvgIpc) is 3.20. The van der Waals surface area contributed by atoms with E-state index in [1.54, 1.807) is 5.32 Å². The molecule has 0 aromatic carbocycles. The number of nitrogens with zero attached hydrogens (tertiary/aromatic N) is 1. The topological polar surface area (TPSA) is 151 Å². The van der Waals surface area contributed by atoms with Crippen LogP contribution < -0.4 is 21.7 Å². The van der Waals surface area contributed by atoms with Crippen LogP contribution in [0.15, 0.2) is 0 Å². The molecule has 0 aromatic heterocycles. The van der Waals surface area contributed by atoms with Gasteiger partial charge in [-0.05, 0) is 36.5 Å². The monoisotopic (exact) mass is 523 g/mol. The molecule has 0 spiro atoms. The average molecular weight is 524 g/mol. The SMILES string of the molecule is CC(C)C.CC(NC=O)C(N)=O.CC1(C)C2CN(C(=O)CNC(=O)C(F)(F)F)CC21.O=C1CCCN1. The molecule has 3 aliphatic rings. The first-order valence-electron chi connectivity index (χ1n) is 11.8. The van der Waals surface area contributed by atoms with Crippen LogP contribution >= 0.6 is 0 Å².